The molecule has 0 aliphatic carbocycles. The maximum atomic E-state index is 13.2. The quantitative estimate of drug-likeness (QED) is 0.504. The van der Waals surface area contributed by atoms with Gasteiger partial charge in [-0.05, 0) is 61.6 Å². The molecule has 1 aliphatic rings. The van der Waals surface area contributed by atoms with E-state index in [0.717, 1.165) is 49.4 Å². The van der Waals surface area contributed by atoms with Gasteiger partial charge in [-0.25, -0.2) is 14.2 Å². The van der Waals surface area contributed by atoms with Crippen LogP contribution in [0.25, 0.3) is 11.3 Å². The van der Waals surface area contributed by atoms with Gasteiger partial charge < -0.3 is 24.8 Å². The lowest BCUT2D eigenvalue weighted by Crippen LogP contribution is -2.35. The monoisotopic (exact) mass is 481 g/mol. The van der Waals surface area contributed by atoms with E-state index in [2.05, 4.69) is 20.7 Å². The Morgan fingerprint density at radius 2 is 1.94 bits per heavy atom. The second-order valence-electron chi connectivity index (χ2n) is 8.37. The second-order valence-corrected chi connectivity index (χ2v) is 8.37. The van der Waals surface area contributed by atoms with Crippen molar-refractivity contribution < 1.29 is 23.2 Å². The van der Waals surface area contributed by atoms with Gasteiger partial charge in [-0.2, -0.15) is 0 Å². The van der Waals surface area contributed by atoms with Crippen LogP contribution in [0.15, 0.2) is 53.1 Å². The molecule has 0 saturated carbocycles. The minimum atomic E-state index is -0.540. The van der Waals surface area contributed by atoms with Crippen molar-refractivity contribution in [3.05, 3.63) is 65.8 Å². The third-order valence-electron chi connectivity index (χ3n) is 6.00. The van der Waals surface area contributed by atoms with Crippen molar-refractivity contribution in [1.29, 1.82) is 0 Å². The predicted molar refractivity (Wildman–Crippen MR) is 127 cm³/mol. The molecule has 2 amide bonds. The van der Waals surface area contributed by atoms with Crippen LogP contribution in [0.2, 0.25) is 0 Å². The number of nitrogens with one attached hydrogen (secondary N) is 2. The number of amides is 2. The van der Waals surface area contributed by atoms with Crippen LogP contribution >= 0.6 is 0 Å². The number of carbonyl (C=O) groups excluding carboxylic acids is 2. The van der Waals surface area contributed by atoms with Crippen LogP contribution in [0.3, 0.4) is 0 Å². The van der Waals surface area contributed by atoms with E-state index >= 15 is 0 Å². The number of aromatic nitrogens is 2. The maximum absolute atomic E-state index is 13.2. The Morgan fingerprint density at radius 3 is 2.69 bits per heavy atom. The average molecular weight is 482 g/mol. The smallest absolute Gasteiger partial charge is 0.407 e. The molecule has 184 valence electrons. The number of alkyl carbamates (subject to hydrolysis) is 1. The number of hydrogen-bond acceptors (Lipinski definition) is 7. The molecule has 0 spiro atoms. The summed E-state index contributed by atoms with van der Waals surface area (Å²) in [5.74, 6) is 1.08. The highest BCUT2D eigenvalue weighted by Gasteiger charge is 2.21. The summed E-state index contributed by atoms with van der Waals surface area (Å²) >= 11 is 0. The molecule has 3 aromatic rings. The summed E-state index contributed by atoms with van der Waals surface area (Å²) in [6, 6.07) is 13.7. The first-order valence-electron chi connectivity index (χ1n) is 11.6. The van der Waals surface area contributed by atoms with Gasteiger partial charge in [0.15, 0.2) is 18.1 Å². The zero-order valence-corrected chi connectivity index (χ0v) is 19.5. The van der Waals surface area contributed by atoms with Crippen LogP contribution in [0.4, 0.5) is 15.0 Å². The zero-order valence-electron chi connectivity index (χ0n) is 19.5. The van der Waals surface area contributed by atoms with Crippen LogP contribution in [-0.4, -0.2) is 48.8 Å². The fourth-order valence-electron chi connectivity index (χ4n) is 4.01. The molecule has 1 aliphatic heterocycles. The minimum Gasteiger partial charge on any atom is -0.441 e. The van der Waals surface area contributed by atoms with Crippen molar-refractivity contribution in [3.8, 4) is 11.3 Å². The van der Waals surface area contributed by atoms with Crippen molar-refractivity contribution in [2.45, 2.75) is 25.9 Å². The van der Waals surface area contributed by atoms with Crippen LogP contribution < -0.4 is 15.5 Å². The topological polar surface area (TPSA) is 110 Å². The highest BCUT2D eigenvalue weighted by molar-refractivity contribution is 5.91. The Balaban J connectivity index is 1.17. The van der Waals surface area contributed by atoms with Crippen LogP contribution in [-0.2, 0) is 11.3 Å². The molecule has 35 heavy (non-hydrogen) atoms. The van der Waals surface area contributed by atoms with Gasteiger partial charge in [0.1, 0.15) is 11.6 Å². The largest absolute Gasteiger partial charge is 0.441 e. The van der Waals surface area contributed by atoms with Gasteiger partial charge in [-0.15, -0.1) is 0 Å². The summed E-state index contributed by atoms with van der Waals surface area (Å²) in [6.45, 7) is 2.18. The fourth-order valence-corrected chi connectivity index (χ4v) is 4.01. The lowest BCUT2D eigenvalue weighted by atomic mass is 9.93. The summed E-state index contributed by atoms with van der Waals surface area (Å²) in [7, 11) is 1.49. The molecule has 1 saturated heterocycles. The van der Waals surface area contributed by atoms with E-state index in [1.165, 1.54) is 25.2 Å². The maximum Gasteiger partial charge on any atom is 0.407 e. The van der Waals surface area contributed by atoms with Gasteiger partial charge in [0.2, 0.25) is 0 Å². The van der Waals surface area contributed by atoms with E-state index in [-0.39, 0.29) is 24.0 Å². The molecule has 1 fully saturated rings. The van der Waals surface area contributed by atoms with E-state index in [9.17, 15) is 14.0 Å². The van der Waals surface area contributed by atoms with Crippen molar-refractivity contribution in [2.75, 3.05) is 31.6 Å². The first kappa shape index (κ1) is 24.2. The lowest BCUT2D eigenvalue weighted by Gasteiger charge is -2.33. The molecule has 0 radical (unpaired) electrons. The van der Waals surface area contributed by atoms with Crippen molar-refractivity contribution in [3.63, 3.8) is 0 Å². The standard InChI is InChI=1S/C25H28FN5O4/c1-27-24(32)22-15-20(35-30-22)16-34-25(33)28-12-9-17-10-13-31(14-11-17)23-4-2-3-21(29-23)18-5-7-19(26)8-6-18/h2-8,15,17H,9-14,16H2,1H3,(H,27,32)(H,28,33). The third-order valence-corrected chi connectivity index (χ3v) is 6.00. The number of benzene rings is 1. The molecule has 2 N–H and O–H groups in total. The molecular formula is C25H28FN5O4. The van der Waals surface area contributed by atoms with Crippen LogP contribution in [0.1, 0.15) is 35.5 Å². The minimum absolute atomic E-state index is 0.0990. The number of pyridine rings is 1. The Bertz CT molecular complexity index is 1140. The van der Waals surface area contributed by atoms with E-state index < -0.39 is 6.09 Å². The number of nitrogens with zero attached hydrogens (tertiary/aromatic N) is 3. The predicted octanol–water partition coefficient (Wildman–Crippen LogP) is 3.77. The first-order valence-corrected chi connectivity index (χ1v) is 11.6. The summed E-state index contributed by atoms with van der Waals surface area (Å²) in [5, 5.41) is 8.82. The highest BCUT2D eigenvalue weighted by atomic mass is 19.1. The van der Waals surface area contributed by atoms with Crippen molar-refractivity contribution >= 4 is 17.8 Å². The van der Waals surface area contributed by atoms with Crippen molar-refractivity contribution in [1.82, 2.24) is 20.8 Å². The number of piperidine rings is 1. The normalized spacial score (nSPS) is 13.9. The average Bonchev–Trinajstić information content (AvgIpc) is 3.37. The van der Waals surface area contributed by atoms with E-state index in [1.54, 1.807) is 12.1 Å². The summed E-state index contributed by atoms with van der Waals surface area (Å²) < 4.78 is 23.3. The number of rotatable bonds is 8. The van der Waals surface area contributed by atoms with Gasteiger partial charge in [0, 0.05) is 38.3 Å². The molecule has 4 rings (SSSR count). The summed E-state index contributed by atoms with van der Waals surface area (Å²) in [6.07, 6.45) is 2.32. The second kappa shape index (κ2) is 11.5. The fraction of sp³-hybridized carbons (Fsp3) is 0.360. The Labute approximate surface area is 202 Å². The van der Waals surface area contributed by atoms with Gasteiger partial charge in [-0.3, -0.25) is 4.79 Å². The molecule has 9 nitrogen and oxygen atoms in total. The molecule has 3 heterocycles. The molecule has 0 unspecified atom stereocenters. The number of anilines is 1. The number of ether oxygens (including phenoxy) is 1. The SMILES string of the molecule is CNC(=O)c1cc(COC(=O)NCCC2CCN(c3cccc(-c4ccc(F)cc4)n3)CC2)on1. The first-order chi connectivity index (χ1) is 17.0. The van der Waals surface area contributed by atoms with E-state index in [0.29, 0.717) is 18.2 Å². The zero-order chi connectivity index (χ0) is 24.6. The van der Waals surface area contributed by atoms with E-state index in [1.807, 2.05) is 18.2 Å². The number of halogens is 1. The van der Waals surface area contributed by atoms with Gasteiger partial charge in [-0.1, -0.05) is 11.2 Å². The Kier molecular flexibility index (Phi) is 7.92. The van der Waals surface area contributed by atoms with Crippen LogP contribution in [0.5, 0.6) is 0 Å². The molecule has 1 aromatic carbocycles. The molecule has 10 heteroatoms. The Hall–Kier alpha value is -3.95. The highest BCUT2D eigenvalue weighted by Crippen LogP contribution is 2.26. The third kappa shape index (κ3) is 6.56. The molecule has 2 aromatic heterocycles. The lowest BCUT2D eigenvalue weighted by molar-refractivity contribution is 0.0952. The molecule has 0 bridgehead atoms. The Morgan fingerprint density at radius 1 is 1.17 bits per heavy atom. The van der Waals surface area contributed by atoms with Gasteiger partial charge in [0.05, 0.1) is 5.69 Å². The molecular weight excluding hydrogens is 453 g/mol. The summed E-state index contributed by atoms with van der Waals surface area (Å²) in [5.41, 5.74) is 1.84. The summed E-state index contributed by atoms with van der Waals surface area (Å²) in [4.78, 5) is 30.4. The molecule has 0 atom stereocenters. The van der Waals surface area contributed by atoms with Gasteiger partial charge in [0.25, 0.3) is 5.91 Å². The van der Waals surface area contributed by atoms with Gasteiger partial charge >= 0.3 is 6.09 Å². The number of hydrogen-bond donors (Lipinski definition) is 2. The number of carbonyl (C=O) groups is 2. The van der Waals surface area contributed by atoms with Crippen molar-refractivity contribution in [2.24, 2.45) is 5.92 Å². The van der Waals surface area contributed by atoms with Crippen LogP contribution in [0, 0.1) is 11.7 Å². The van der Waals surface area contributed by atoms with E-state index in [4.69, 9.17) is 14.2 Å².